The van der Waals surface area contributed by atoms with Gasteiger partial charge in [0, 0.05) is 51.2 Å². The fourth-order valence-corrected chi connectivity index (χ4v) is 8.20. The molecule has 3 heteroatoms. The predicted molar refractivity (Wildman–Crippen MR) is 260 cm³/mol. The molecule has 0 spiro atoms. The Morgan fingerprint density at radius 1 is 0.197 bits per heavy atom. The van der Waals surface area contributed by atoms with Crippen LogP contribution in [0.4, 0.5) is 51.2 Å². The summed E-state index contributed by atoms with van der Waals surface area (Å²) in [6.45, 7) is 8.58. The highest BCUT2D eigenvalue weighted by atomic mass is 15.2. The zero-order valence-corrected chi connectivity index (χ0v) is 35.2. The Morgan fingerprint density at radius 2 is 0.410 bits per heavy atom. The number of hydrogen-bond acceptors (Lipinski definition) is 3. The van der Waals surface area contributed by atoms with Gasteiger partial charge in [-0.3, -0.25) is 0 Å². The maximum atomic E-state index is 2.33. The second-order valence-corrected chi connectivity index (χ2v) is 15.9. The van der Waals surface area contributed by atoms with Crippen molar-refractivity contribution in [2.45, 2.75) is 27.7 Å². The first kappa shape index (κ1) is 38.9. The number of hydrogen-bond donors (Lipinski definition) is 0. The van der Waals surface area contributed by atoms with Gasteiger partial charge in [-0.25, -0.2) is 0 Å². The van der Waals surface area contributed by atoms with Gasteiger partial charge < -0.3 is 14.7 Å². The summed E-state index contributed by atoms with van der Waals surface area (Å²) in [5.74, 6) is 0. The van der Waals surface area contributed by atoms with Crippen LogP contribution >= 0.6 is 0 Å². The SMILES string of the molecule is Cc1cccc(N(c2ccc(-c3ccc(N(c4ccccc4)c4ccc(-c5ccc(N(c6cccc(C)c6)c6cccc(C)c6)cc5)cc4)cc3)cc2)c2cccc(C)c2)c1. The minimum absolute atomic E-state index is 1.10. The van der Waals surface area contributed by atoms with Crippen LogP contribution in [0.3, 0.4) is 0 Å². The Morgan fingerprint density at radius 3 is 0.656 bits per heavy atom. The Labute approximate surface area is 361 Å². The van der Waals surface area contributed by atoms with Gasteiger partial charge in [-0.15, -0.1) is 0 Å². The van der Waals surface area contributed by atoms with E-state index in [1.807, 2.05) is 0 Å². The van der Waals surface area contributed by atoms with Gasteiger partial charge in [0.2, 0.25) is 0 Å². The molecule has 0 aromatic heterocycles. The van der Waals surface area contributed by atoms with E-state index in [2.05, 4.69) is 267 Å². The van der Waals surface area contributed by atoms with Crippen molar-refractivity contribution >= 4 is 51.2 Å². The summed E-state index contributed by atoms with van der Waals surface area (Å²) in [5, 5.41) is 0. The number of rotatable bonds is 11. The number of nitrogens with zero attached hydrogens (tertiary/aromatic N) is 3. The second kappa shape index (κ2) is 17.3. The van der Waals surface area contributed by atoms with Crippen molar-refractivity contribution < 1.29 is 0 Å². The fourth-order valence-electron chi connectivity index (χ4n) is 8.20. The normalized spacial score (nSPS) is 11.0. The third kappa shape index (κ3) is 8.59. The van der Waals surface area contributed by atoms with Crippen molar-refractivity contribution in [2.24, 2.45) is 0 Å². The summed E-state index contributed by atoms with van der Waals surface area (Å²) < 4.78 is 0. The maximum Gasteiger partial charge on any atom is 0.0464 e. The van der Waals surface area contributed by atoms with Crippen molar-refractivity contribution in [3.63, 3.8) is 0 Å². The first-order valence-electron chi connectivity index (χ1n) is 21.0. The molecule has 0 fully saturated rings. The summed E-state index contributed by atoms with van der Waals surface area (Å²) in [4.78, 5) is 6.98. The quantitative estimate of drug-likeness (QED) is 0.129. The Hall–Kier alpha value is -7.62. The molecule has 0 radical (unpaired) electrons. The third-order valence-corrected chi connectivity index (χ3v) is 11.2. The molecule has 0 aliphatic heterocycles. The molecule has 3 nitrogen and oxygen atoms in total. The molecule has 0 N–H and O–H groups in total. The maximum absolute atomic E-state index is 2.33. The van der Waals surface area contributed by atoms with Gasteiger partial charge in [0.1, 0.15) is 0 Å². The first-order chi connectivity index (χ1) is 29.9. The van der Waals surface area contributed by atoms with Crippen LogP contribution in [0, 0.1) is 27.7 Å². The lowest BCUT2D eigenvalue weighted by molar-refractivity contribution is 1.26. The molecule has 9 aromatic rings. The number of benzene rings is 9. The lowest BCUT2D eigenvalue weighted by Gasteiger charge is -2.27. The summed E-state index contributed by atoms with van der Waals surface area (Å²) >= 11 is 0. The summed E-state index contributed by atoms with van der Waals surface area (Å²) in [6.07, 6.45) is 0. The second-order valence-electron chi connectivity index (χ2n) is 15.9. The zero-order valence-electron chi connectivity index (χ0n) is 35.2. The van der Waals surface area contributed by atoms with Crippen LogP contribution < -0.4 is 14.7 Å². The zero-order chi connectivity index (χ0) is 41.7. The molecule has 0 atom stereocenters. The molecular formula is C58H49N3. The van der Waals surface area contributed by atoms with Crippen LogP contribution in [0.25, 0.3) is 22.3 Å². The van der Waals surface area contributed by atoms with Gasteiger partial charge in [0.05, 0.1) is 0 Å². The summed E-state index contributed by atoms with van der Waals surface area (Å²) in [7, 11) is 0. The highest BCUT2D eigenvalue weighted by Crippen LogP contribution is 2.40. The highest BCUT2D eigenvalue weighted by Gasteiger charge is 2.17. The van der Waals surface area contributed by atoms with Crippen LogP contribution in [0.1, 0.15) is 22.3 Å². The molecule has 0 saturated heterocycles. The number of anilines is 9. The van der Waals surface area contributed by atoms with Crippen LogP contribution in [-0.4, -0.2) is 0 Å². The molecular weight excluding hydrogens is 739 g/mol. The van der Waals surface area contributed by atoms with Gasteiger partial charge >= 0.3 is 0 Å². The van der Waals surface area contributed by atoms with E-state index in [1.165, 1.54) is 44.5 Å². The van der Waals surface area contributed by atoms with Gasteiger partial charge in [0.25, 0.3) is 0 Å². The average molecular weight is 788 g/mol. The van der Waals surface area contributed by atoms with Crippen molar-refractivity contribution in [1.82, 2.24) is 0 Å². The van der Waals surface area contributed by atoms with Gasteiger partial charge in [-0.05, 0) is 181 Å². The lowest BCUT2D eigenvalue weighted by atomic mass is 10.0. The summed E-state index contributed by atoms with van der Waals surface area (Å²) in [6, 6.07) is 81.0. The Bertz CT molecular complexity index is 2610. The van der Waals surface area contributed by atoms with Crippen LogP contribution in [0.15, 0.2) is 224 Å². The molecule has 296 valence electrons. The van der Waals surface area contributed by atoms with Crippen LogP contribution in [-0.2, 0) is 0 Å². The van der Waals surface area contributed by atoms with E-state index < -0.39 is 0 Å². The molecule has 0 saturated carbocycles. The van der Waals surface area contributed by atoms with E-state index in [1.54, 1.807) is 0 Å². The molecule has 0 aliphatic rings. The fraction of sp³-hybridized carbons (Fsp3) is 0.0690. The molecule has 61 heavy (non-hydrogen) atoms. The number of aryl methyl sites for hydroxylation is 4. The smallest absolute Gasteiger partial charge is 0.0464 e. The molecule has 0 aliphatic carbocycles. The van der Waals surface area contributed by atoms with Crippen LogP contribution in [0.5, 0.6) is 0 Å². The van der Waals surface area contributed by atoms with Crippen molar-refractivity contribution in [3.8, 4) is 22.3 Å². The topological polar surface area (TPSA) is 9.72 Å². The van der Waals surface area contributed by atoms with E-state index in [-0.39, 0.29) is 0 Å². The molecule has 0 heterocycles. The van der Waals surface area contributed by atoms with Crippen molar-refractivity contribution in [2.75, 3.05) is 14.7 Å². The minimum atomic E-state index is 1.10. The minimum Gasteiger partial charge on any atom is -0.311 e. The molecule has 0 amide bonds. The van der Waals surface area contributed by atoms with Crippen molar-refractivity contribution in [1.29, 1.82) is 0 Å². The summed E-state index contributed by atoms with van der Waals surface area (Å²) in [5.41, 5.74) is 19.8. The standard InChI is InChI=1S/C58H49N3/c1-42-12-8-18-55(38-42)60(56-19-9-13-43(2)39-56)53-34-26-48(27-35-53)46-22-30-51(31-23-46)59(50-16-6-5-7-17-50)52-32-24-47(25-33-52)49-28-36-54(37-29-49)61(57-20-10-14-44(3)40-57)58-21-11-15-45(4)41-58/h5-41H,1-4H3. The monoisotopic (exact) mass is 787 g/mol. The average Bonchev–Trinajstić information content (AvgIpc) is 3.28. The van der Waals surface area contributed by atoms with Gasteiger partial charge in [-0.1, -0.05) is 115 Å². The largest absolute Gasteiger partial charge is 0.311 e. The first-order valence-corrected chi connectivity index (χ1v) is 21.0. The molecule has 9 rings (SSSR count). The lowest BCUT2D eigenvalue weighted by Crippen LogP contribution is -2.10. The predicted octanol–water partition coefficient (Wildman–Crippen LogP) is 16.7. The third-order valence-electron chi connectivity index (χ3n) is 11.2. The van der Waals surface area contributed by atoms with Crippen LogP contribution in [0.2, 0.25) is 0 Å². The molecule has 0 unspecified atom stereocenters. The highest BCUT2D eigenvalue weighted by molar-refractivity contribution is 5.83. The van der Waals surface area contributed by atoms with E-state index in [0.717, 1.165) is 51.2 Å². The Kier molecular flexibility index (Phi) is 11.0. The van der Waals surface area contributed by atoms with Gasteiger partial charge in [0.15, 0.2) is 0 Å². The molecule has 9 aromatic carbocycles. The van der Waals surface area contributed by atoms with E-state index >= 15 is 0 Å². The van der Waals surface area contributed by atoms with Crippen molar-refractivity contribution in [3.05, 3.63) is 247 Å². The van der Waals surface area contributed by atoms with Gasteiger partial charge in [-0.2, -0.15) is 0 Å². The van der Waals surface area contributed by atoms with E-state index in [0.29, 0.717) is 0 Å². The molecule has 0 bridgehead atoms. The van der Waals surface area contributed by atoms with E-state index in [4.69, 9.17) is 0 Å². The number of para-hydroxylation sites is 1. The Balaban J connectivity index is 0.977. The van der Waals surface area contributed by atoms with E-state index in [9.17, 15) is 0 Å².